The van der Waals surface area contributed by atoms with E-state index in [1.165, 1.54) is 12.1 Å². The third-order valence-electron chi connectivity index (χ3n) is 2.95. The number of nitrogens with one attached hydrogen (secondary N) is 1. The molecule has 22 heavy (non-hydrogen) atoms. The van der Waals surface area contributed by atoms with Gasteiger partial charge in [-0.25, -0.2) is 4.39 Å². The summed E-state index contributed by atoms with van der Waals surface area (Å²) in [6.45, 7) is 1.42. The van der Waals surface area contributed by atoms with Crippen LogP contribution in [0.1, 0.15) is 15.9 Å². The molecule has 0 spiro atoms. The van der Waals surface area contributed by atoms with Crippen LogP contribution < -0.4 is 15.8 Å². The van der Waals surface area contributed by atoms with Crippen molar-refractivity contribution in [2.75, 3.05) is 11.9 Å². The van der Waals surface area contributed by atoms with E-state index in [1.807, 2.05) is 0 Å². The minimum Gasteiger partial charge on any atom is -0.483 e. The number of ether oxygens (including phenoxy) is 1. The van der Waals surface area contributed by atoms with Crippen LogP contribution in [0.25, 0.3) is 0 Å². The fourth-order valence-electron chi connectivity index (χ4n) is 1.85. The van der Waals surface area contributed by atoms with Gasteiger partial charge in [0.15, 0.2) is 6.61 Å². The van der Waals surface area contributed by atoms with Crippen LogP contribution in [-0.2, 0) is 4.79 Å². The lowest BCUT2D eigenvalue weighted by atomic mass is 10.1. The number of primary amides is 1. The summed E-state index contributed by atoms with van der Waals surface area (Å²) in [5.41, 5.74) is 6.35. The quantitative estimate of drug-likeness (QED) is 0.888. The van der Waals surface area contributed by atoms with Crippen molar-refractivity contribution in [1.29, 1.82) is 0 Å². The Kier molecular flexibility index (Phi) is 4.73. The molecule has 2 rings (SSSR count). The Bertz CT molecular complexity index is 716. The predicted molar refractivity (Wildman–Crippen MR) is 80.2 cm³/mol. The molecular weight excluding hydrogens is 287 g/mol. The van der Waals surface area contributed by atoms with E-state index < -0.39 is 17.6 Å². The molecule has 0 unspecified atom stereocenters. The zero-order chi connectivity index (χ0) is 16.1. The minimum absolute atomic E-state index is 0.229. The Balaban J connectivity index is 2.22. The lowest BCUT2D eigenvalue weighted by Gasteiger charge is -2.12. The van der Waals surface area contributed by atoms with Crippen LogP contribution in [-0.4, -0.2) is 18.4 Å². The van der Waals surface area contributed by atoms with Gasteiger partial charge in [0.1, 0.15) is 11.6 Å². The number of carbonyl (C=O) groups is 2. The molecule has 0 atom stereocenters. The highest BCUT2D eigenvalue weighted by molar-refractivity contribution is 6.06. The number of hydrogen-bond donors (Lipinski definition) is 2. The molecular formula is C16H15FN2O3. The SMILES string of the molecule is Cc1ccc(F)cc1NC(=O)c1ccccc1OCC(N)=O. The number of hydrogen-bond acceptors (Lipinski definition) is 3. The van der Waals surface area contributed by atoms with Crippen LogP contribution in [0.3, 0.4) is 0 Å². The maximum absolute atomic E-state index is 13.3. The third-order valence-corrected chi connectivity index (χ3v) is 2.95. The molecule has 3 N–H and O–H groups in total. The summed E-state index contributed by atoms with van der Waals surface area (Å²) in [6.07, 6.45) is 0. The summed E-state index contributed by atoms with van der Waals surface area (Å²) in [5.74, 6) is -1.32. The molecule has 114 valence electrons. The molecule has 0 fully saturated rings. The number of anilines is 1. The van der Waals surface area contributed by atoms with E-state index in [4.69, 9.17) is 10.5 Å². The van der Waals surface area contributed by atoms with Gasteiger partial charge in [-0.1, -0.05) is 18.2 Å². The first-order chi connectivity index (χ1) is 10.5. The number of amides is 2. The molecule has 0 aliphatic rings. The van der Waals surface area contributed by atoms with Gasteiger partial charge in [0, 0.05) is 5.69 Å². The fourth-order valence-corrected chi connectivity index (χ4v) is 1.85. The second kappa shape index (κ2) is 6.71. The smallest absolute Gasteiger partial charge is 0.259 e. The van der Waals surface area contributed by atoms with Crippen molar-refractivity contribution in [3.05, 3.63) is 59.4 Å². The number of nitrogens with two attached hydrogens (primary N) is 1. The summed E-state index contributed by atoms with van der Waals surface area (Å²) in [6, 6.07) is 10.5. The molecule has 0 aliphatic heterocycles. The van der Waals surface area contributed by atoms with Crippen LogP contribution in [0.5, 0.6) is 5.75 Å². The summed E-state index contributed by atoms with van der Waals surface area (Å²) >= 11 is 0. The lowest BCUT2D eigenvalue weighted by molar-refractivity contribution is -0.119. The van der Waals surface area contributed by atoms with Crippen molar-refractivity contribution >= 4 is 17.5 Å². The van der Waals surface area contributed by atoms with Crippen molar-refractivity contribution in [3.63, 3.8) is 0 Å². The van der Waals surface area contributed by atoms with Gasteiger partial charge in [0.25, 0.3) is 11.8 Å². The fraction of sp³-hybridized carbons (Fsp3) is 0.125. The Hall–Kier alpha value is -2.89. The largest absolute Gasteiger partial charge is 0.483 e. The Morgan fingerprint density at radius 1 is 1.23 bits per heavy atom. The van der Waals surface area contributed by atoms with Gasteiger partial charge in [0.2, 0.25) is 0 Å². The number of aryl methyl sites for hydroxylation is 1. The van der Waals surface area contributed by atoms with E-state index in [0.717, 1.165) is 5.56 Å². The number of rotatable bonds is 5. The Morgan fingerprint density at radius 2 is 1.95 bits per heavy atom. The van der Waals surface area contributed by atoms with Gasteiger partial charge < -0.3 is 15.8 Å². The van der Waals surface area contributed by atoms with Crippen molar-refractivity contribution in [1.82, 2.24) is 0 Å². The molecule has 0 heterocycles. The van der Waals surface area contributed by atoms with E-state index >= 15 is 0 Å². The highest BCUT2D eigenvalue weighted by Crippen LogP contribution is 2.21. The van der Waals surface area contributed by atoms with E-state index in [9.17, 15) is 14.0 Å². The van der Waals surface area contributed by atoms with Crippen molar-refractivity contribution in [2.24, 2.45) is 5.73 Å². The first kappa shape index (κ1) is 15.5. The molecule has 6 heteroatoms. The zero-order valence-corrected chi connectivity index (χ0v) is 11.9. The average Bonchev–Trinajstić information content (AvgIpc) is 2.49. The van der Waals surface area contributed by atoms with Crippen LogP contribution in [0.4, 0.5) is 10.1 Å². The predicted octanol–water partition coefficient (Wildman–Crippen LogP) is 2.25. The highest BCUT2D eigenvalue weighted by Gasteiger charge is 2.14. The van der Waals surface area contributed by atoms with Gasteiger partial charge >= 0.3 is 0 Å². The molecule has 2 aromatic rings. The van der Waals surface area contributed by atoms with E-state index in [0.29, 0.717) is 5.69 Å². The van der Waals surface area contributed by atoms with Crippen molar-refractivity contribution in [2.45, 2.75) is 6.92 Å². The van der Waals surface area contributed by atoms with Crippen molar-refractivity contribution in [3.8, 4) is 5.75 Å². The molecule has 0 bridgehead atoms. The topological polar surface area (TPSA) is 81.4 Å². The lowest BCUT2D eigenvalue weighted by Crippen LogP contribution is -2.21. The van der Waals surface area contributed by atoms with E-state index in [-0.39, 0.29) is 17.9 Å². The Morgan fingerprint density at radius 3 is 2.68 bits per heavy atom. The molecule has 0 saturated heterocycles. The maximum Gasteiger partial charge on any atom is 0.259 e. The van der Waals surface area contributed by atoms with Gasteiger partial charge in [0.05, 0.1) is 5.56 Å². The van der Waals surface area contributed by atoms with Gasteiger partial charge in [-0.05, 0) is 36.8 Å². The second-order valence-electron chi connectivity index (χ2n) is 4.66. The summed E-state index contributed by atoms with van der Waals surface area (Å²) in [5, 5.41) is 2.62. The van der Waals surface area contributed by atoms with Gasteiger partial charge in [-0.3, -0.25) is 9.59 Å². The standard InChI is InChI=1S/C16H15FN2O3/c1-10-6-7-11(17)8-13(10)19-16(21)12-4-2-3-5-14(12)22-9-15(18)20/h2-8H,9H2,1H3,(H2,18,20)(H,19,21). The summed E-state index contributed by atoms with van der Waals surface area (Å²) in [4.78, 5) is 23.1. The Labute approximate surface area is 126 Å². The number of benzene rings is 2. The first-order valence-electron chi connectivity index (χ1n) is 6.55. The van der Waals surface area contributed by atoms with Crippen LogP contribution in [0.2, 0.25) is 0 Å². The van der Waals surface area contributed by atoms with Crippen molar-refractivity contribution < 1.29 is 18.7 Å². The van der Waals surface area contributed by atoms with Gasteiger partial charge in [-0.15, -0.1) is 0 Å². The number of para-hydroxylation sites is 1. The molecule has 5 nitrogen and oxygen atoms in total. The molecule has 0 saturated carbocycles. The second-order valence-corrected chi connectivity index (χ2v) is 4.66. The van der Waals surface area contributed by atoms with Crippen LogP contribution in [0, 0.1) is 12.7 Å². The number of carbonyl (C=O) groups excluding carboxylic acids is 2. The minimum atomic E-state index is -0.642. The summed E-state index contributed by atoms with van der Waals surface area (Å²) < 4.78 is 18.5. The monoisotopic (exact) mass is 302 g/mol. The average molecular weight is 302 g/mol. The third kappa shape index (κ3) is 3.82. The van der Waals surface area contributed by atoms with Crippen LogP contribution in [0.15, 0.2) is 42.5 Å². The summed E-state index contributed by atoms with van der Waals surface area (Å²) in [7, 11) is 0. The highest BCUT2D eigenvalue weighted by atomic mass is 19.1. The first-order valence-corrected chi connectivity index (χ1v) is 6.55. The molecule has 0 aromatic heterocycles. The van der Waals surface area contributed by atoms with E-state index in [1.54, 1.807) is 37.3 Å². The zero-order valence-electron chi connectivity index (χ0n) is 11.9. The molecule has 2 amide bonds. The molecule has 0 aliphatic carbocycles. The van der Waals surface area contributed by atoms with E-state index in [2.05, 4.69) is 5.32 Å². The maximum atomic E-state index is 13.3. The van der Waals surface area contributed by atoms with Crippen LogP contribution >= 0.6 is 0 Å². The normalized spacial score (nSPS) is 10.1. The molecule has 2 aromatic carbocycles. The molecule has 0 radical (unpaired) electrons. The van der Waals surface area contributed by atoms with Gasteiger partial charge in [-0.2, -0.15) is 0 Å². The number of halogens is 1.